The fraction of sp³-hybridized carbons (Fsp3) is 0.444. The molecule has 0 aliphatic carbocycles. The molecule has 0 unspecified atom stereocenters. The van der Waals surface area contributed by atoms with E-state index in [1.807, 2.05) is 12.1 Å². The Morgan fingerprint density at radius 2 is 2.54 bits per heavy atom. The van der Waals surface area contributed by atoms with Crippen LogP contribution in [0.4, 0.5) is 5.69 Å². The van der Waals surface area contributed by atoms with Gasteiger partial charge in [0.2, 0.25) is 0 Å². The second kappa shape index (κ2) is 3.94. The number of hydrogen-bond donors (Lipinski definition) is 2. The van der Waals surface area contributed by atoms with Crippen molar-refractivity contribution in [3.05, 3.63) is 23.5 Å². The summed E-state index contributed by atoms with van der Waals surface area (Å²) in [4.78, 5) is 3.92. The first-order valence-electron chi connectivity index (χ1n) is 4.43. The Morgan fingerprint density at radius 1 is 1.62 bits per heavy atom. The van der Waals surface area contributed by atoms with Gasteiger partial charge in [-0.05, 0) is 25.1 Å². The molecule has 2 rings (SSSR count). The lowest BCUT2D eigenvalue weighted by Crippen LogP contribution is -2.21. The maximum atomic E-state index is 5.76. The number of anilines is 1. The van der Waals surface area contributed by atoms with Gasteiger partial charge in [0.25, 0.3) is 0 Å². The molecular formula is C9H12ClN3. The van der Waals surface area contributed by atoms with E-state index in [2.05, 4.69) is 15.6 Å². The molecule has 0 aromatic carbocycles. The molecule has 1 saturated heterocycles. The normalized spacial score (nSPS) is 21.8. The molecule has 1 aromatic heterocycles. The summed E-state index contributed by atoms with van der Waals surface area (Å²) in [6.07, 6.45) is 2.88. The van der Waals surface area contributed by atoms with E-state index in [-0.39, 0.29) is 0 Å². The average molecular weight is 198 g/mol. The van der Waals surface area contributed by atoms with Crippen LogP contribution in [0.5, 0.6) is 0 Å². The van der Waals surface area contributed by atoms with Crippen LogP contribution in [0.15, 0.2) is 18.3 Å². The first-order chi connectivity index (χ1) is 6.34. The predicted octanol–water partition coefficient (Wildman–Crippen LogP) is 1.51. The second-order valence-electron chi connectivity index (χ2n) is 3.20. The van der Waals surface area contributed by atoms with Crippen molar-refractivity contribution in [1.29, 1.82) is 0 Å². The second-order valence-corrected chi connectivity index (χ2v) is 3.59. The van der Waals surface area contributed by atoms with E-state index in [1.54, 1.807) is 6.20 Å². The van der Waals surface area contributed by atoms with Crippen LogP contribution >= 0.6 is 11.6 Å². The van der Waals surface area contributed by atoms with Crippen molar-refractivity contribution >= 4 is 17.3 Å². The molecule has 0 bridgehead atoms. The minimum Gasteiger partial charge on any atom is -0.381 e. The van der Waals surface area contributed by atoms with Crippen molar-refractivity contribution in [3.63, 3.8) is 0 Å². The highest BCUT2D eigenvalue weighted by Crippen LogP contribution is 2.14. The number of nitrogens with one attached hydrogen (secondary N) is 2. The van der Waals surface area contributed by atoms with Gasteiger partial charge in [-0.25, -0.2) is 4.98 Å². The fourth-order valence-corrected chi connectivity index (χ4v) is 1.68. The average Bonchev–Trinajstić information content (AvgIpc) is 2.57. The highest BCUT2D eigenvalue weighted by molar-refractivity contribution is 6.29. The van der Waals surface area contributed by atoms with Crippen molar-refractivity contribution < 1.29 is 0 Å². The monoisotopic (exact) mass is 197 g/mol. The van der Waals surface area contributed by atoms with Gasteiger partial charge in [-0.2, -0.15) is 0 Å². The Hall–Kier alpha value is -0.800. The zero-order chi connectivity index (χ0) is 9.10. The Kier molecular flexibility index (Phi) is 2.66. The van der Waals surface area contributed by atoms with E-state index in [9.17, 15) is 0 Å². The summed E-state index contributed by atoms with van der Waals surface area (Å²) >= 11 is 5.76. The summed E-state index contributed by atoms with van der Waals surface area (Å²) < 4.78 is 0. The van der Waals surface area contributed by atoms with Crippen molar-refractivity contribution in [2.45, 2.75) is 12.5 Å². The number of pyridine rings is 1. The van der Waals surface area contributed by atoms with Crippen LogP contribution in [0.3, 0.4) is 0 Å². The summed E-state index contributed by atoms with van der Waals surface area (Å²) in [7, 11) is 0. The Balaban J connectivity index is 2.00. The van der Waals surface area contributed by atoms with Crippen LogP contribution < -0.4 is 10.6 Å². The smallest absolute Gasteiger partial charge is 0.131 e. The van der Waals surface area contributed by atoms with Crippen molar-refractivity contribution in [2.75, 3.05) is 18.4 Å². The number of aromatic nitrogens is 1. The number of halogens is 1. The highest BCUT2D eigenvalue weighted by atomic mass is 35.5. The first-order valence-corrected chi connectivity index (χ1v) is 4.81. The van der Waals surface area contributed by atoms with Crippen LogP contribution in [-0.2, 0) is 0 Å². The topological polar surface area (TPSA) is 37.0 Å². The lowest BCUT2D eigenvalue weighted by molar-refractivity contribution is 0.793. The molecule has 0 amide bonds. The van der Waals surface area contributed by atoms with E-state index in [0.29, 0.717) is 11.2 Å². The molecule has 1 atom stereocenters. The van der Waals surface area contributed by atoms with Gasteiger partial charge < -0.3 is 10.6 Å². The standard InChI is InChI=1S/C9H12ClN3/c10-9-5-7(2-4-12-9)13-8-1-3-11-6-8/h2,4-5,8,11H,1,3,6H2,(H,12,13)/t8-/m0/s1. The summed E-state index contributed by atoms with van der Waals surface area (Å²) in [5.41, 5.74) is 1.05. The number of hydrogen-bond acceptors (Lipinski definition) is 3. The highest BCUT2D eigenvalue weighted by Gasteiger charge is 2.13. The van der Waals surface area contributed by atoms with Gasteiger partial charge in [0.1, 0.15) is 5.15 Å². The van der Waals surface area contributed by atoms with Gasteiger partial charge in [0.05, 0.1) is 0 Å². The van der Waals surface area contributed by atoms with E-state index >= 15 is 0 Å². The molecule has 1 aliphatic heterocycles. The van der Waals surface area contributed by atoms with Gasteiger partial charge in [0.15, 0.2) is 0 Å². The maximum absolute atomic E-state index is 5.76. The minimum atomic E-state index is 0.526. The molecule has 0 spiro atoms. The molecule has 1 aromatic rings. The van der Waals surface area contributed by atoms with Gasteiger partial charge in [-0.15, -0.1) is 0 Å². The SMILES string of the molecule is Clc1cc(N[C@H]2CCNC2)ccn1. The van der Waals surface area contributed by atoms with Gasteiger partial charge in [0, 0.05) is 24.5 Å². The summed E-state index contributed by atoms with van der Waals surface area (Å²) in [5.74, 6) is 0. The maximum Gasteiger partial charge on any atom is 0.131 e. The zero-order valence-corrected chi connectivity index (χ0v) is 8.01. The Bertz CT molecular complexity index is 284. The third kappa shape index (κ3) is 2.32. The van der Waals surface area contributed by atoms with Crippen LogP contribution in [0.25, 0.3) is 0 Å². The molecule has 0 saturated carbocycles. The summed E-state index contributed by atoms with van der Waals surface area (Å²) in [6.45, 7) is 2.12. The quantitative estimate of drug-likeness (QED) is 0.706. The van der Waals surface area contributed by atoms with E-state index in [4.69, 9.17) is 11.6 Å². The Labute approximate surface area is 82.5 Å². The fourth-order valence-electron chi connectivity index (χ4n) is 1.51. The third-order valence-corrected chi connectivity index (χ3v) is 2.36. The number of nitrogens with zero attached hydrogens (tertiary/aromatic N) is 1. The van der Waals surface area contributed by atoms with E-state index in [1.165, 1.54) is 6.42 Å². The molecule has 3 nitrogen and oxygen atoms in total. The molecule has 13 heavy (non-hydrogen) atoms. The minimum absolute atomic E-state index is 0.526. The molecule has 4 heteroatoms. The summed E-state index contributed by atoms with van der Waals surface area (Å²) in [5, 5.41) is 7.23. The van der Waals surface area contributed by atoms with Crippen LogP contribution in [0.1, 0.15) is 6.42 Å². The molecule has 70 valence electrons. The summed E-state index contributed by atoms with van der Waals surface area (Å²) in [6, 6.07) is 4.31. The Morgan fingerprint density at radius 3 is 3.23 bits per heavy atom. The molecule has 1 fully saturated rings. The van der Waals surface area contributed by atoms with E-state index < -0.39 is 0 Å². The predicted molar refractivity (Wildman–Crippen MR) is 54.1 cm³/mol. The number of rotatable bonds is 2. The van der Waals surface area contributed by atoms with Crippen molar-refractivity contribution in [3.8, 4) is 0 Å². The lowest BCUT2D eigenvalue weighted by Gasteiger charge is -2.12. The lowest BCUT2D eigenvalue weighted by atomic mass is 10.2. The molecular weight excluding hydrogens is 186 g/mol. The molecule has 1 aliphatic rings. The molecule has 2 N–H and O–H groups in total. The van der Waals surface area contributed by atoms with Crippen molar-refractivity contribution in [2.24, 2.45) is 0 Å². The van der Waals surface area contributed by atoms with Crippen LogP contribution in [0, 0.1) is 0 Å². The first kappa shape index (κ1) is 8.78. The van der Waals surface area contributed by atoms with Gasteiger partial charge in [-0.1, -0.05) is 11.6 Å². The van der Waals surface area contributed by atoms with E-state index in [0.717, 1.165) is 18.8 Å². The van der Waals surface area contributed by atoms with Gasteiger partial charge >= 0.3 is 0 Å². The van der Waals surface area contributed by atoms with Crippen LogP contribution in [0.2, 0.25) is 5.15 Å². The largest absolute Gasteiger partial charge is 0.381 e. The van der Waals surface area contributed by atoms with Crippen LogP contribution in [-0.4, -0.2) is 24.1 Å². The van der Waals surface area contributed by atoms with Gasteiger partial charge in [-0.3, -0.25) is 0 Å². The van der Waals surface area contributed by atoms with Crippen molar-refractivity contribution in [1.82, 2.24) is 10.3 Å². The third-order valence-electron chi connectivity index (χ3n) is 2.16. The molecule has 2 heterocycles. The molecule has 0 radical (unpaired) electrons. The zero-order valence-electron chi connectivity index (χ0n) is 7.26.